The Labute approximate surface area is 105 Å². The Hall–Kier alpha value is -2.35. The highest BCUT2D eigenvalue weighted by molar-refractivity contribution is 7.09. The Morgan fingerprint density at radius 3 is 3.11 bits per heavy atom. The van der Waals surface area contributed by atoms with Crippen LogP contribution >= 0.6 is 11.5 Å². The van der Waals surface area contributed by atoms with Crippen molar-refractivity contribution in [2.45, 2.75) is 6.42 Å². The summed E-state index contributed by atoms with van der Waals surface area (Å²) in [5, 5.41) is 12.6. The van der Waals surface area contributed by atoms with E-state index >= 15 is 0 Å². The van der Waals surface area contributed by atoms with Crippen LogP contribution in [0.15, 0.2) is 18.2 Å². The number of nitrogens with zero attached hydrogens (tertiary/aromatic N) is 3. The SMILES string of the molecule is O=C1Cc2cc(C(=O)Nc3nnns3)ccc2N1. The average Bonchev–Trinajstić information content (AvgIpc) is 2.95. The lowest BCUT2D eigenvalue weighted by Crippen LogP contribution is -2.11. The van der Waals surface area contributed by atoms with Gasteiger partial charge in [-0.2, -0.15) is 0 Å². The van der Waals surface area contributed by atoms with Gasteiger partial charge in [0.25, 0.3) is 5.91 Å². The standard InChI is InChI=1S/C10H7N5O2S/c16-8-4-6-3-5(1-2-7(6)11-8)9(17)12-10-13-14-15-18-10/h1-3H,4H2,(H,11,16)(H,12,13,15,17). The number of aromatic nitrogens is 3. The van der Waals surface area contributed by atoms with Gasteiger partial charge in [-0.15, -0.1) is 0 Å². The minimum atomic E-state index is -0.296. The van der Waals surface area contributed by atoms with E-state index in [1.807, 2.05) is 0 Å². The molecule has 0 unspecified atom stereocenters. The van der Waals surface area contributed by atoms with Crippen molar-refractivity contribution in [2.24, 2.45) is 0 Å². The van der Waals surface area contributed by atoms with Gasteiger partial charge in [-0.05, 0) is 29.0 Å². The summed E-state index contributed by atoms with van der Waals surface area (Å²) in [6.45, 7) is 0. The minimum absolute atomic E-state index is 0.0594. The molecule has 0 radical (unpaired) electrons. The fraction of sp³-hybridized carbons (Fsp3) is 0.100. The summed E-state index contributed by atoms with van der Waals surface area (Å²) >= 11 is 1.00. The molecule has 3 rings (SSSR count). The zero-order valence-electron chi connectivity index (χ0n) is 9.01. The van der Waals surface area contributed by atoms with Crippen LogP contribution in [0.4, 0.5) is 10.8 Å². The number of carbonyl (C=O) groups is 2. The van der Waals surface area contributed by atoms with Crippen molar-refractivity contribution in [1.82, 2.24) is 14.8 Å². The molecule has 7 nitrogen and oxygen atoms in total. The van der Waals surface area contributed by atoms with Gasteiger partial charge in [-0.3, -0.25) is 14.9 Å². The highest BCUT2D eigenvalue weighted by atomic mass is 32.1. The molecular weight excluding hydrogens is 254 g/mol. The van der Waals surface area contributed by atoms with Crippen LogP contribution in [0.5, 0.6) is 0 Å². The maximum Gasteiger partial charge on any atom is 0.257 e. The van der Waals surface area contributed by atoms with E-state index in [4.69, 9.17) is 0 Å². The molecule has 2 amide bonds. The van der Waals surface area contributed by atoms with Crippen molar-refractivity contribution in [3.63, 3.8) is 0 Å². The first-order valence-corrected chi connectivity index (χ1v) is 5.89. The minimum Gasteiger partial charge on any atom is -0.326 e. The summed E-state index contributed by atoms with van der Waals surface area (Å²) in [4.78, 5) is 23.1. The Balaban J connectivity index is 1.83. The average molecular weight is 261 g/mol. The fourth-order valence-corrected chi connectivity index (χ4v) is 2.08. The third-order valence-electron chi connectivity index (χ3n) is 2.51. The molecule has 90 valence electrons. The van der Waals surface area contributed by atoms with Crippen LogP contribution in [0.25, 0.3) is 0 Å². The lowest BCUT2D eigenvalue weighted by Gasteiger charge is -2.03. The van der Waals surface area contributed by atoms with Crippen LogP contribution in [0.1, 0.15) is 15.9 Å². The van der Waals surface area contributed by atoms with E-state index < -0.39 is 0 Å². The molecule has 0 spiro atoms. The van der Waals surface area contributed by atoms with Crippen molar-refractivity contribution in [3.8, 4) is 0 Å². The molecule has 0 bridgehead atoms. The normalized spacial score (nSPS) is 13.0. The Morgan fingerprint density at radius 2 is 2.33 bits per heavy atom. The lowest BCUT2D eigenvalue weighted by atomic mass is 10.1. The second-order valence-electron chi connectivity index (χ2n) is 3.72. The monoisotopic (exact) mass is 261 g/mol. The van der Waals surface area contributed by atoms with Crippen LogP contribution < -0.4 is 10.6 Å². The second-order valence-corrected chi connectivity index (χ2v) is 4.45. The highest BCUT2D eigenvalue weighted by Crippen LogP contribution is 2.24. The number of hydrogen-bond donors (Lipinski definition) is 2. The van der Waals surface area contributed by atoms with Gasteiger partial charge in [0.15, 0.2) is 0 Å². The predicted molar refractivity (Wildman–Crippen MR) is 64.4 cm³/mol. The van der Waals surface area contributed by atoms with Gasteiger partial charge in [0, 0.05) is 22.8 Å². The summed E-state index contributed by atoms with van der Waals surface area (Å²) in [5.41, 5.74) is 2.05. The number of nitrogens with one attached hydrogen (secondary N) is 2. The number of fused-ring (bicyclic) bond motifs is 1. The second kappa shape index (κ2) is 4.15. The molecule has 2 aromatic rings. The summed E-state index contributed by atoms with van der Waals surface area (Å²) in [6, 6.07) is 5.05. The van der Waals surface area contributed by atoms with E-state index in [0.717, 1.165) is 22.8 Å². The smallest absolute Gasteiger partial charge is 0.257 e. The van der Waals surface area contributed by atoms with Gasteiger partial charge in [0.2, 0.25) is 11.0 Å². The molecule has 0 atom stereocenters. The summed E-state index contributed by atoms with van der Waals surface area (Å²) in [5.74, 6) is -0.355. The third-order valence-corrected chi connectivity index (χ3v) is 3.02. The van der Waals surface area contributed by atoms with Crippen molar-refractivity contribution < 1.29 is 9.59 Å². The summed E-state index contributed by atoms with van der Waals surface area (Å²) in [6.07, 6.45) is 0.302. The first-order valence-electron chi connectivity index (χ1n) is 5.11. The fourth-order valence-electron chi connectivity index (χ4n) is 1.72. The van der Waals surface area contributed by atoms with E-state index in [-0.39, 0.29) is 11.8 Å². The van der Waals surface area contributed by atoms with Crippen molar-refractivity contribution in [3.05, 3.63) is 29.3 Å². The Kier molecular flexibility index (Phi) is 2.49. The topological polar surface area (TPSA) is 96.9 Å². The van der Waals surface area contributed by atoms with Crippen LogP contribution in [0.2, 0.25) is 0 Å². The molecule has 1 aliphatic heterocycles. The van der Waals surface area contributed by atoms with Crippen molar-refractivity contribution in [1.29, 1.82) is 0 Å². The predicted octanol–water partition coefficient (Wildman–Crippen LogP) is 0.680. The van der Waals surface area contributed by atoms with E-state index in [2.05, 4.69) is 25.4 Å². The van der Waals surface area contributed by atoms with Crippen LogP contribution in [0.3, 0.4) is 0 Å². The van der Waals surface area contributed by atoms with E-state index in [9.17, 15) is 9.59 Å². The maximum atomic E-state index is 11.9. The number of anilines is 2. The largest absolute Gasteiger partial charge is 0.326 e. The van der Waals surface area contributed by atoms with Crippen LogP contribution in [-0.4, -0.2) is 26.6 Å². The zero-order valence-corrected chi connectivity index (χ0v) is 9.82. The molecule has 0 fully saturated rings. The van der Waals surface area contributed by atoms with E-state index in [0.29, 0.717) is 17.1 Å². The number of hydrogen-bond acceptors (Lipinski definition) is 6. The molecule has 0 saturated heterocycles. The molecule has 2 N–H and O–H groups in total. The highest BCUT2D eigenvalue weighted by Gasteiger charge is 2.19. The van der Waals surface area contributed by atoms with Crippen LogP contribution in [-0.2, 0) is 11.2 Å². The van der Waals surface area contributed by atoms with Gasteiger partial charge in [0.05, 0.1) is 6.42 Å². The Morgan fingerprint density at radius 1 is 1.44 bits per heavy atom. The van der Waals surface area contributed by atoms with Crippen LogP contribution in [0, 0.1) is 0 Å². The van der Waals surface area contributed by atoms with Gasteiger partial charge < -0.3 is 5.32 Å². The first kappa shape index (κ1) is 10.8. The van der Waals surface area contributed by atoms with Crippen molar-refractivity contribution >= 4 is 34.2 Å². The molecule has 8 heteroatoms. The van der Waals surface area contributed by atoms with E-state index in [1.54, 1.807) is 18.2 Å². The maximum absolute atomic E-state index is 11.9. The first-order chi connectivity index (χ1) is 8.72. The number of carbonyl (C=O) groups excluding carboxylic acids is 2. The molecule has 1 aliphatic rings. The van der Waals surface area contributed by atoms with Gasteiger partial charge in [-0.1, -0.05) is 9.59 Å². The number of rotatable bonds is 2. The molecule has 2 heterocycles. The molecule has 1 aromatic carbocycles. The third kappa shape index (κ3) is 1.93. The quantitative estimate of drug-likeness (QED) is 0.828. The summed E-state index contributed by atoms with van der Waals surface area (Å²) < 4.78 is 3.55. The summed E-state index contributed by atoms with van der Waals surface area (Å²) in [7, 11) is 0. The molecular formula is C10H7N5O2S. The Bertz CT molecular complexity index is 625. The zero-order chi connectivity index (χ0) is 12.5. The van der Waals surface area contributed by atoms with Gasteiger partial charge in [-0.25, -0.2) is 0 Å². The van der Waals surface area contributed by atoms with Gasteiger partial charge >= 0.3 is 0 Å². The lowest BCUT2D eigenvalue weighted by molar-refractivity contribution is -0.115. The number of benzene rings is 1. The molecule has 0 saturated carbocycles. The van der Waals surface area contributed by atoms with Gasteiger partial charge in [0.1, 0.15) is 0 Å². The molecule has 18 heavy (non-hydrogen) atoms. The molecule has 1 aromatic heterocycles. The number of amides is 2. The van der Waals surface area contributed by atoms with E-state index in [1.165, 1.54) is 0 Å². The molecule has 0 aliphatic carbocycles. The van der Waals surface area contributed by atoms with Crippen molar-refractivity contribution in [2.75, 3.05) is 10.6 Å².